The molecule has 0 aliphatic carbocycles. The largest absolute Gasteiger partial charge is 0.478 e. The zero-order chi connectivity index (χ0) is 8.69. The number of hydrogen-bond acceptors (Lipinski definition) is 4. The van der Waals surface area contributed by atoms with Crippen molar-refractivity contribution in [2.45, 2.75) is 19.6 Å². The summed E-state index contributed by atoms with van der Waals surface area (Å²) in [6.45, 7) is 2.42. The Balaban J connectivity index is 3.17. The van der Waals surface area contributed by atoms with Gasteiger partial charge < -0.3 is 14.6 Å². The minimum Gasteiger partial charge on any atom is -0.478 e. The number of hydrogen-bond donors (Lipinski definition) is 2. The summed E-state index contributed by atoms with van der Waals surface area (Å²) >= 11 is 0. The van der Waals surface area contributed by atoms with Gasteiger partial charge in [0.05, 0.1) is 0 Å². The van der Waals surface area contributed by atoms with Crippen molar-refractivity contribution in [3.8, 4) is 0 Å². The molecule has 0 aromatic heterocycles. The van der Waals surface area contributed by atoms with Gasteiger partial charge >= 0.3 is 5.97 Å². The Labute approximate surface area is 65.1 Å². The van der Waals surface area contributed by atoms with E-state index in [1.807, 2.05) is 6.92 Å². The van der Waals surface area contributed by atoms with Crippen molar-refractivity contribution >= 4 is 5.97 Å². The van der Waals surface area contributed by atoms with Crippen molar-refractivity contribution in [3.63, 3.8) is 0 Å². The second-order valence-corrected chi connectivity index (χ2v) is 1.95. The van der Waals surface area contributed by atoms with Gasteiger partial charge in [-0.15, -0.1) is 0 Å². The van der Waals surface area contributed by atoms with Gasteiger partial charge in [-0.1, -0.05) is 6.92 Å². The highest BCUT2D eigenvalue weighted by atomic mass is 16.7. The number of carbonyl (C=O) groups is 1. The van der Waals surface area contributed by atoms with Crippen LogP contribution in [0, 0.1) is 0 Å². The zero-order valence-corrected chi connectivity index (χ0v) is 6.45. The van der Waals surface area contributed by atoms with Gasteiger partial charge in [-0.2, -0.15) is 0 Å². The topological polar surface area (TPSA) is 81.8 Å². The standard InChI is InChI=1S/C6H13NO4/c1-2-3-10-4-11-5(7)6(8)9/h5H,2-4,7H2,1H3,(H,8,9). The van der Waals surface area contributed by atoms with Crippen LogP contribution < -0.4 is 5.73 Å². The van der Waals surface area contributed by atoms with Crippen molar-refractivity contribution in [3.05, 3.63) is 0 Å². The van der Waals surface area contributed by atoms with Crippen LogP contribution in [-0.4, -0.2) is 30.7 Å². The molecule has 3 N–H and O–H groups in total. The molecule has 0 aromatic carbocycles. The molecule has 0 bridgehead atoms. The van der Waals surface area contributed by atoms with E-state index in [4.69, 9.17) is 15.6 Å². The second kappa shape index (κ2) is 6.09. The Morgan fingerprint density at radius 2 is 2.36 bits per heavy atom. The Kier molecular flexibility index (Phi) is 5.73. The lowest BCUT2D eigenvalue weighted by molar-refractivity contribution is -0.160. The average Bonchev–Trinajstić information content (AvgIpc) is 1.97. The summed E-state index contributed by atoms with van der Waals surface area (Å²) in [4.78, 5) is 10.1. The van der Waals surface area contributed by atoms with E-state index >= 15 is 0 Å². The van der Waals surface area contributed by atoms with Crippen molar-refractivity contribution in [1.82, 2.24) is 0 Å². The molecule has 0 saturated carbocycles. The molecular formula is C6H13NO4. The molecule has 0 rings (SSSR count). The van der Waals surface area contributed by atoms with Crippen molar-refractivity contribution in [2.24, 2.45) is 5.73 Å². The van der Waals surface area contributed by atoms with Crippen LogP contribution in [0.5, 0.6) is 0 Å². The molecule has 1 unspecified atom stereocenters. The number of aliphatic carboxylic acids is 1. The SMILES string of the molecule is CCCOCOC(N)C(=O)O. The Hall–Kier alpha value is -0.650. The molecule has 0 aliphatic rings. The predicted octanol–water partition coefficient (Wildman–Crippen LogP) is -0.244. The Morgan fingerprint density at radius 3 is 2.82 bits per heavy atom. The molecule has 11 heavy (non-hydrogen) atoms. The molecule has 66 valence electrons. The molecule has 5 nitrogen and oxygen atoms in total. The molecule has 0 spiro atoms. The first kappa shape index (κ1) is 10.3. The van der Waals surface area contributed by atoms with Crippen molar-refractivity contribution in [1.29, 1.82) is 0 Å². The minimum atomic E-state index is -1.29. The molecule has 0 aromatic rings. The van der Waals surface area contributed by atoms with Gasteiger partial charge in [0.1, 0.15) is 6.79 Å². The Morgan fingerprint density at radius 1 is 1.73 bits per heavy atom. The number of rotatable bonds is 6. The molecule has 1 atom stereocenters. The van der Waals surface area contributed by atoms with Gasteiger partial charge in [-0.3, -0.25) is 5.73 Å². The van der Waals surface area contributed by atoms with Gasteiger partial charge in [0.15, 0.2) is 0 Å². The predicted molar refractivity (Wildman–Crippen MR) is 37.8 cm³/mol. The minimum absolute atomic E-state index is 0.0681. The lowest BCUT2D eigenvalue weighted by Crippen LogP contribution is -2.33. The molecule has 0 saturated heterocycles. The highest BCUT2D eigenvalue weighted by Gasteiger charge is 2.10. The van der Waals surface area contributed by atoms with Gasteiger partial charge in [0.25, 0.3) is 0 Å². The lowest BCUT2D eigenvalue weighted by Gasteiger charge is -2.07. The molecule has 0 amide bonds. The number of nitrogens with two attached hydrogens (primary N) is 1. The number of carboxylic acid groups (broad SMARTS) is 1. The molecule has 0 heterocycles. The van der Waals surface area contributed by atoms with Crippen LogP contribution in [0.3, 0.4) is 0 Å². The quantitative estimate of drug-likeness (QED) is 0.417. The zero-order valence-electron chi connectivity index (χ0n) is 6.45. The van der Waals surface area contributed by atoms with Gasteiger partial charge in [-0.25, -0.2) is 4.79 Å². The maximum atomic E-state index is 10.1. The van der Waals surface area contributed by atoms with Crippen LogP contribution in [0.15, 0.2) is 0 Å². The van der Waals surface area contributed by atoms with Crippen molar-refractivity contribution in [2.75, 3.05) is 13.4 Å². The van der Waals surface area contributed by atoms with E-state index in [2.05, 4.69) is 4.74 Å². The van der Waals surface area contributed by atoms with E-state index in [9.17, 15) is 4.79 Å². The molecule has 0 aliphatic heterocycles. The van der Waals surface area contributed by atoms with E-state index in [1.165, 1.54) is 0 Å². The third-order valence-corrected chi connectivity index (χ3v) is 0.923. The fourth-order valence-electron chi connectivity index (χ4n) is 0.396. The van der Waals surface area contributed by atoms with Gasteiger partial charge in [0.2, 0.25) is 6.23 Å². The summed E-state index contributed by atoms with van der Waals surface area (Å²) in [6, 6.07) is 0. The molecule has 0 fully saturated rings. The summed E-state index contributed by atoms with van der Waals surface area (Å²) < 4.78 is 9.40. The van der Waals surface area contributed by atoms with E-state index in [0.29, 0.717) is 6.61 Å². The van der Waals surface area contributed by atoms with Crippen LogP contribution in [0.25, 0.3) is 0 Å². The van der Waals surface area contributed by atoms with Crippen LogP contribution in [-0.2, 0) is 14.3 Å². The fraction of sp³-hybridized carbons (Fsp3) is 0.833. The van der Waals surface area contributed by atoms with Crippen LogP contribution in [0.1, 0.15) is 13.3 Å². The van der Waals surface area contributed by atoms with Crippen molar-refractivity contribution < 1.29 is 19.4 Å². The van der Waals surface area contributed by atoms with Crippen LogP contribution in [0.4, 0.5) is 0 Å². The lowest BCUT2D eigenvalue weighted by atomic mass is 10.5. The first-order valence-corrected chi connectivity index (χ1v) is 3.36. The third kappa shape index (κ3) is 5.78. The van der Waals surface area contributed by atoms with Gasteiger partial charge in [0, 0.05) is 6.61 Å². The average molecular weight is 163 g/mol. The molecule has 0 radical (unpaired) electrons. The van der Waals surface area contributed by atoms with E-state index < -0.39 is 12.2 Å². The highest BCUT2D eigenvalue weighted by Crippen LogP contribution is 1.85. The normalized spacial score (nSPS) is 12.9. The molecule has 5 heteroatoms. The fourth-order valence-corrected chi connectivity index (χ4v) is 0.396. The smallest absolute Gasteiger partial charge is 0.347 e. The van der Waals surface area contributed by atoms with Crippen LogP contribution in [0.2, 0.25) is 0 Å². The summed E-state index contributed by atoms with van der Waals surface area (Å²) in [5.74, 6) is -1.19. The maximum absolute atomic E-state index is 10.1. The van der Waals surface area contributed by atoms with E-state index in [1.54, 1.807) is 0 Å². The highest BCUT2D eigenvalue weighted by molar-refractivity contribution is 5.71. The Bertz CT molecular complexity index is 117. The van der Waals surface area contributed by atoms with E-state index in [0.717, 1.165) is 6.42 Å². The summed E-state index contributed by atoms with van der Waals surface area (Å²) in [5.41, 5.74) is 5.00. The number of carboxylic acids is 1. The molecular weight excluding hydrogens is 150 g/mol. The second-order valence-electron chi connectivity index (χ2n) is 1.95. The summed E-state index contributed by atoms with van der Waals surface area (Å²) in [6.07, 6.45) is -0.419. The van der Waals surface area contributed by atoms with Gasteiger partial charge in [-0.05, 0) is 6.42 Å². The third-order valence-electron chi connectivity index (χ3n) is 0.923. The maximum Gasteiger partial charge on any atom is 0.347 e. The monoisotopic (exact) mass is 163 g/mol. The summed E-state index contributed by atoms with van der Waals surface area (Å²) in [5, 5.41) is 8.23. The first-order valence-electron chi connectivity index (χ1n) is 3.36. The summed E-state index contributed by atoms with van der Waals surface area (Å²) in [7, 11) is 0. The van der Waals surface area contributed by atoms with E-state index in [-0.39, 0.29) is 6.79 Å². The van der Waals surface area contributed by atoms with Crippen LogP contribution >= 0.6 is 0 Å². The number of ether oxygens (including phenoxy) is 2. The first-order chi connectivity index (χ1) is 5.18.